The zero-order valence-corrected chi connectivity index (χ0v) is 22.3. The summed E-state index contributed by atoms with van der Waals surface area (Å²) in [6.07, 6.45) is -5.04. The zero-order chi connectivity index (χ0) is 26.8. The van der Waals surface area contributed by atoms with E-state index in [4.69, 9.17) is 23.7 Å². The van der Waals surface area contributed by atoms with E-state index in [0.717, 1.165) is 11.3 Å². The summed E-state index contributed by atoms with van der Waals surface area (Å²) in [4.78, 5) is 25.4. The van der Waals surface area contributed by atoms with Gasteiger partial charge in [-0.05, 0) is 49.4 Å². The molecule has 10 heteroatoms. The number of thioether (sulfide) groups is 1. The van der Waals surface area contributed by atoms with E-state index in [2.05, 4.69) is 5.32 Å². The van der Waals surface area contributed by atoms with Crippen molar-refractivity contribution in [1.29, 1.82) is 0 Å². The van der Waals surface area contributed by atoms with E-state index in [0.29, 0.717) is 11.3 Å². The van der Waals surface area contributed by atoms with Crippen LogP contribution in [0.4, 0.5) is 4.79 Å². The molecule has 0 radical (unpaired) electrons. The highest BCUT2D eigenvalue weighted by Crippen LogP contribution is 2.33. The highest BCUT2D eigenvalue weighted by atomic mass is 32.2. The lowest BCUT2D eigenvalue weighted by Crippen LogP contribution is -2.61. The Morgan fingerprint density at radius 3 is 2.38 bits per heavy atom. The van der Waals surface area contributed by atoms with Gasteiger partial charge in [0.05, 0.1) is 25.9 Å². The number of ether oxygens (including phenoxy) is 5. The van der Waals surface area contributed by atoms with E-state index in [1.165, 1.54) is 11.8 Å². The third-order valence-corrected chi connectivity index (χ3v) is 6.60. The lowest BCUT2D eigenvalue weighted by atomic mass is 9.99. The first kappa shape index (κ1) is 28.8. The molecular formula is C27H35NO8S. The average molecular weight is 534 g/mol. The number of carbonyl (C=O) groups is 2. The van der Waals surface area contributed by atoms with Crippen molar-refractivity contribution in [2.75, 3.05) is 19.5 Å². The van der Waals surface area contributed by atoms with E-state index < -0.39 is 41.9 Å². The Hall–Kier alpha value is -2.79. The summed E-state index contributed by atoms with van der Waals surface area (Å²) in [5, 5.41) is 13.8. The maximum absolute atomic E-state index is 12.9. The third-order valence-electron chi connectivity index (χ3n) is 5.56. The molecular weight excluding hydrogens is 498 g/mol. The molecule has 1 fully saturated rings. The molecule has 1 heterocycles. The second-order valence-electron chi connectivity index (χ2n) is 8.76. The number of hydrogen-bond acceptors (Lipinski definition) is 9. The molecule has 1 aliphatic heterocycles. The molecule has 0 unspecified atom stereocenters. The van der Waals surface area contributed by atoms with Gasteiger partial charge in [0.2, 0.25) is 0 Å². The van der Waals surface area contributed by atoms with Gasteiger partial charge in [0, 0.05) is 6.04 Å². The lowest BCUT2D eigenvalue weighted by Gasteiger charge is -2.43. The SMILES string of the molecule is CCS[C@@H]1O[C@H](COCc2ccc(OC)cc2)[C@@H](O)[C@H](OC(=O)NC(C)C)[C@H]1OC(=O)c1ccccc1. The fourth-order valence-electron chi connectivity index (χ4n) is 3.76. The summed E-state index contributed by atoms with van der Waals surface area (Å²) >= 11 is 1.39. The van der Waals surface area contributed by atoms with Crippen molar-refractivity contribution in [2.45, 2.75) is 63.3 Å². The quantitative estimate of drug-likeness (QED) is 0.417. The number of benzene rings is 2. The number of nitrogens with one attached hydrogen (secondary N) is 1. The van der Waals surface area contributed by atoms with Crippen molar-refractivity contribution in [2.24, 2.45) is 0 Å². The van der Waals surface area contributed by atoms with Crippen LogP contribution in [0.1, 0.15) is 36.7 Å². The summed E-state index contributed by atoms with van der Waals surface area (Å²) in [6.45, 7) is 5.85. The standard InChI is InChI=1S/C27H35NO8S/c1-5-37-26-24(35-25(30)19-9-7-6-8-10-19)23(36-27(31)28-17(2)3)22(29)21(34-26)16-33-15-18-11-13-20(32-4)14-12-18/h6-14,17,21-24,26,29H,5,15-16H2,1-4H3,(H,28,31)/t21-,22-,23+,24-,26+/m1/s1. The molecule has 3 rings (SSSR count). The molecule has 0 bridgehead atoms. The van der Waals surface area contributed by atoms with E-state index in [1.54, 1.807) is 51.3 Å². The minimum Gasteiger partial charge on any atom is -0.497 e. The van der Waals surface area contributed by atoms with Gasteiger partial charge in [-0.3, -0.25) is 0 Å². The minimum absolute atomic E-state index is 0.0407. The Kier molecular flexibility index (Phi) is 11.1. The number of carbonyl (C=O) groups excluding carboxylic acids is 2. The number of rotatable bonds is 11. The van der Waals surface area contributed by atoms with Crippen LogP contribution in [0, 0.1) is 0 Å². The molecule has 1 saturated heterocycles. The van der Waals surface area contributed by atoms with Gasteiger partial charge in [-0.25, -0.2) is 9.59 Å². The van der Waals surface area contributed by atoms with Crippen LogP contribution in [0.15, 0.2) is 54.6 Å². The van der Waals surface area contributed by atoms with Gasteiger partial charge < -0.3 is 34.1 Å². The van der Waals surface area contributed by atoms with Crippen molar-refractivity contribution in [3.05, 3.63) is 65.7 Å². The number of amides is 1. The molecule has 9 nitrogen and oxygen atoms in total. The van der Waals surface area contributed by atoms with E-state index >= 15 is 0 Å². The average Bonchev–Trinajstić information content (AvgIpc) is 2.89. The van der Waals surface area contributed by atoms with Crippen LogP contribution in [-0.2, 0) is 25.6 Å². The Balaban J connectivity index is 1.75. The lowest BCUT2D eigenvalue weighted by molar-refractivity contribution is -0.210. The number of hydrogen-bond donors (Lipinski definition) is 2. The van der Waals surface area contributed by atoms with E-state index in [-0.39, 0.29) is 19.3 Å². The molecule has 1 amide bonds. The Morgan fingerprint density at radius 1 is 1.05 bits per heavy atom. The molecule has 5 atom stereocenters. The molecule has 2 aromatic rings. The smallest absolute Gasteiger partial charge is 0.407 e. The van der Waals surface area contributed by atoms with Crippen molar-refractivity contribution < 1.29 is 38.4 Å². The third kappa shape index (κ3) is 8.36. The minimum atomic E-state index is -1.30. The molecule has 1 aliphatic rings. The Bertz CT molecular complexity index is 988. The van der Waals surface area contributed by atoms with Gasteiger partial charge in [0.1, 0.15) is 23.4 Å². The van der Waals surface area contributed by atoms with E-state index in [1.807, 2.05) is 31.2 Å². The van der Waals surface area contributed by atoms with Gasteiger partial charge in [-0.2, -0.15) is 0 Å². The van der Waals surface area contributed by atoms with Crippen LogP contribution in [0.3, 0.4) is 0 Å². The number of alkyl carbamates (subject to hydrolysis) is 1. The normalized spacial score (nSPS) is 23.4. The highest BCUT2D eigenvalue weighted by Gasteiger charge is 2.50. The van der Waals surface area contributed by atoms with E-state index in [9.17, 15) is 14.7 Å². The first-order valence-corrected chi connectivity index (χ1v) is 13.3. The van der Waals surface area contributed by atoms with Crippen LogP contribution < -0.4 is 10.1 Å². The Labute approximate surface area is 221 Å². The second-order valence-corrected chi connectivity index (χ2v) is 10.1. The van der Waals surface area contributed by atoms with Crippen molar-refractivity contribution in [3.8, 4) is 5.75 Å². The number of methoxy groups -OCH3 is 1. The number of aliphatic hydroxyl groups excluding tert-OH is 1. The van der Waals surface area contributed by atoms with Gasteiger partial charge in [-0.15, -0.1) is 11.8 Å². The fraction of sp³-hybridized carbons (Fsp3) is 0.481. The zero-order valence-electron chi connectivity index (χ0n) is 21.5. The van der Waals surface area contributed by atoms with Crippen molar-refractivity contribution in [3.63, 3.8) is 0 Å². The first-order valence-electron chi connectivity index (χ1n) is 12.2. The molecule has 37 heavy (non-hydrogen) atoms. The second kappa shape index (κ2) is 14.2. The largest absolute Gasteiger partial charge is 0.497 e. The first-order chi connectivity index (χ1) is 17.8. The van der Waals surface area contributed by atoms with Crippen molar-refractivity contribution >= 4 is 23.8 Å². The van der Waals surface area contributed by atoms with Crippen LogP contribution in [-0.4, -0.2) is 72.5 Å². The number of aliphatic hydroxyl groups is 1. The summed E-state index contributed by atoms with van der Waals surface area (Å²) in [6, 6.07) is 15.7. The Morgan fingerprint density at radius 2 is 1.76 bits per heavy atom. The summed E-state index contributed by atoms with van der Waals surface area (Å²) in [5.74, 6) is 0.782. The predicted octanol–water partition coefficient (Wildman–Crippen LogP) is 3.78. The summed E-state index contributed by atoms with van der Waals surface area (Å²) in [7, 11) is 1.60. The monoisotopic (exact) mass is 533 g/mol. The molecule has 0 aliphatic carbocycles. The maximum atomic E-state index is 12.9. The van der Waals surface area contributed by atoms with Crippen LogP contribution in [0.5, 0.6) is 5.75 Å². The van der Waals surface area contributed by atoms with Gasteiger partial charge in [0.15, 0.2) is 12.2 Å². The van der Waals surface area contributed by atoms with Gasteiger partial charge >= 0.3 is 12.1 Å². The maximum Gasteiger partial charge on any atom is 0.407 e. The van der Waals surface area contributed by atoms with Crippen LogP contribution in [0.25, 0.3) is 0 Å². The van der Waals surface area contributed by atoms with Gasteiger partial charge in [-0.1, -0.05) is 37.3 Å². The summed E-state index contributed by atoms with van der Waals surface area (Å²) < 4.78 is 28.5. The number of esters is 1. The van der Waals surface area contributed by atoms with Gasteiger partial charge in [0.25, 0.3) is 0 Å². The molecule has 2 aromatic carbocycles. The molecule has 0 saturated carbocycles. The molecule has 0 spiro atoms. The fourth-order valence-corrected chi connectivity index (χ4v) is 4.71. The molecule has 202 valence electrons. The predicted molar refractivity (Wildman–Crippen MR) is 140 cm³/mol. The van der Waals surface area contributed by atoms with Crippen molar-refractivity contribution in [1.82, 2.24) is 5.32 Å². The topological polar surface area (TPSA) is 113 Å². The molecule has 2 N–H and O–H groups in total. The van der Waals surface area contributed by atoms with Crippen LogP contribution >= 0.6 is 11.8 Å². The van der Waals surface area contributed by atoms with Crippen LogP contribution in [0.2, 0.25) is 0 Å². The molecule has 0 aromatic heterocycles. The summed E-state index contributed by atoms with van der Waals surface area (Å²) in [5.41, 5.74) is 0.574. The highest BCUT2D eigenvalue weighted by molar-refractivity contribution is 7.99.